The van der Waals surface area contributed by atoms with E-state index in [2.05, 4.69) is 39.5 Å². The van der Waals surface area contributed by atoms with Gasteiger partial charge in [0.25, 0.3) is 0 Å². The number of carbonyl (C=O) groups is 2. The van der Waals surface area contributed by atoms with Gasteiger partial charge in [-0.15, -0.1) is 0 Å². The molecule has 0 aliphatic carbocycles. The molecule has 0 bridgehead atoms. The third-order valence-electron chi connectivity index (χ3n) is 9.54. The van der Waals surface area contributed by atoms with Crippen molar-refractivity contribution in [2.75, 3.05) is 72.5 Å². The largest absolute Gasteiger partial charge is 0.463 e. The maximum absolute atomic E-state index is 12.7. The van der Waals surface area contributed by atoms with E-state index in [0.29, 0.717) is 70.9 Å². The van der Waals surface area contributed by atoms with Crippen molar-refractivity contribution in [3.05, 3.63) is 0 Å². The Hall–Kier alpha value is -0.530. The number of unbranched alkanes of at least 4 members (excludes halogenated alkanes) is 14. The van der Waals surface area contributed by atoms with E-state index < -0.39 is 0 Å². The second kappa shape index (κ2) is 41.1. The molecule has 53 heavy (non-hydrogen) atoms. The summed E-state index contributed by atoms with van der Waals surface area (Å²) >= 11 is 1.92. The summed E-state index contributed by atoms with van der Waals surface area (Å²) in [6, 6.07) is 0. The Balaban J connectivity index is 4.06. The fraction of sp³-hybridized carbons (Fsp3) is 0.953. The molecule has 0 N–H and O–H groups in total. The van der Waals surface area contributed by atoms with Gasteiger partial charge in [0, 0.05) is 26.1 Å². The van der Waals surface area contributed by atoms with E-state index in [9.17, 15) is 9.59 Å². The molecule has 1 atom stereocenters. The fourth-order valence-corrected chi connectivity index (χ4v) is 6.78. The van der Waals surface area contributed by atoms with Crippen LogP contribution in [0.3, 0.4) is 0 Å². The number of nitrogens with zero attached hydrogens (tertiary/aromatic N) is 1. The lowest BCUT2D eigenvalue weighted by Crippen LogP contribution is -2.31. The number of carbonyl (C=O) groups excluding carboxylic acids is 2. The normalized spacial score (nSPS) is 12.3. The van der Waals surface area contributed by atoms with Crippen LogP contribution in [0.15, 0.2) is 0 Å². The molecule has 1 unspecified atom stereocenters. The lowest BCUT2D eigenvalue weighted by atomic mass is 10.00. The third-order valence-corrected chi connectivity index (χ3v) is 9.98. The van der Waals surface area contributed by atoms with Crippen LogP contribution < -0.4 is 0 Å². The summed E-state index contributed by atoms with van der Waals surface area (Å²) < 4.78 is 33.4. The monoisotopic (exact) mass is 870 g/mol. The molecule has 0 saturated carbocycles. The number of halogens is 1. The standard InChI is InChI=1S/C43H84INO8/c1-6-8-10-12-15-19-23-41(24-20-16-13-11-9-7-2)53-43(47)25-21-17-14-18-22-27-45(29-30-52-44)28-26-42(46)51-36-35-49-32-31-48-33-34-50-38-40(5)37-39(3)4/h39-41H,6-38H2,1-5H3. The molecule has 0 aliphatic rings. The van der Waals surface area contributed by atoms with Gasteiger partial charge in [-0.25, -0.2) is 0 Å². The molecule has 0 fully saturated rings. The summed E-state index contributed by atoms with van der Waals surface area (Å²) in [7, 11) is 0. The van der Waals surface area contributed by atoms with E-state index in [1.807, 2.05) is 23.0 Å². The third kappa shape index (κ3) is 39.5. The van der Waals surface area contributed by atoms with Gasteiger partial charge in [0.05, 0.1) is 46.1 Å². The molecule has 0 saturated heterocycles. The topological polar surface area (TPSA) is 92.8 Å². The van der Waals surface area contributed by atoms with E-state index in [1.54, 1.807) is 0 Å². The van der Waals surface area contributed by atoms with Crippen LogP contribution in [0, 0.1) is 11.8 Å². The Bertz CT molecular complexity index is 773. The van der Waals surface area contributed by atoms with Gasteiger partial charge in [0.2, 0.25) is 0 Å². The van der Waals surface area contributed by atoms with Gasteiger partial charge in [-0.2, -0.15) is 0 Å². The Morgan fingerprint density at radius 2 is 1.08 bits per heavy atom. The molecule has 0 rings (SSSR count). The van der Waals surface area contributed by atoms with Gasteiger partial charge in [0.15, 0.2) is 0 Å². The first-order chi connectivity index (χ1) is 25.8. The van der Waals surface area contributed by atoms with Gasteiger partial charge in [-0.05, 0) is 63.3 Å². The highest BCUT2D eigenvalue weighted by Crippen LogP contribution is 2.18. The van der Waals surface area contributed by atoms with E-state index in [0.717, 1.165) is 64.6 Å². The van der Waals surface area contributed by atoms with Crippen molar-refractivity contribution in [2.45, 2.75) is 182 Å². The number of hydrogen-bond donors (Lipinski definition) is 0. The van der Waals surface area contributed by atoms with Crippen molar-refractivity contribution in [1.29, 1.82) is 0 Å². The quantitative estimate of drug-likeness (QED) is 0.0338. The van der Waals surface area contributed by atoms with E-state index in [4.69, 9.17) is 26.8 Å². The molecule has 0 amide bonds. The highest BCUT2D eigenvalue weighted by molar-refractivity contribution is 14.1. The zero-order chi connectivity index (χ0) is 39.0. The Morgan fingerprint density at radius 1 is 0.547 bits per heavy atom. The lowest BCUT2D eigenvalue weighted by Gasteiger charge is -2.21. The Morgan fingerprint density at radius 3 is 1.66 bits per heavy atom. The van der Waals surface area contributed by atoms with Gasteiger partial charge in [0.1, 0.15) is 35.7 Å². The first kappa shape index (κ1) is 52.5. The van der Waals surface area contributed by atoms with Crippen molar-refractivity contribution >= 4 is 34.9 Å². The summed E-state index contributed by atoms with van der Waals surface area (Å²) in [6.45, 7) is 17.7. The predicted molar refractivity (Wildman–Crippen MR) is 227 cm³/mol. The molecular weight excluding hydrogens is 785 g/mol. The lowest BCUT2D eigenvalue weighted by molar-refractivity contribution is -0.150. The molecule has 0 heterocycles. The average molecular weight is 870 g/mol. The second-order valence-corrected chi connectivity index (χ2v) is 16.0. The van der Waals surface area contributed by atoms with Crippen LogP contribution in [0.4, 0.5) is 0 Å². The predicted octanol–water partition coefficient (Wildman–Crippen LogP) is 11.1. The number of hydrogen-bond acceptors (Lipinski definition) is 9. The van der Waals surface area contributed by atoms with Crippen LogP contribution in [0.25, 0.3) is 0 Å². The van der Waals surface area contributed by atoms with Gasteiger partial charge in [-0.3, -0.25) is 9.59 Å². The zero-order valence-electron chi connectivity index (χ0n) is 35.2. The number of esters is 2. The molecule has 0 aromatic heterocycles. The van der Waals surface area contributed by atoms with Gasteiger partial charge >= 0.3 is 11.9 Å². The highest BCUT2D eigenvalue weighted by atomic mass is 127. The molecule has 0 aromatic rings. The molecule has 0 aliphatic heterocycles. The van der Waals surface area contributed by atoms with E-state index in [-0.39, 0.29) is 24.6 Å². The molecule has 0 spiro atoms. The van der Waals surface area contributed by atoms with Crippen LogP contribution >= 0.6 is 23.0 Å². The van der Waals surface area contributed by atoms with Crippen molar-refractivity contribution < 1.29 is 36.3 Å². The minimum atomic E-state index is -0.206. The van der Waals surface area contributed by atoms with Crippen molar-refractivity contribution in [1.82, 2.24) is 4.90 Å². The Labute approximate surface area is 341 Å². The first-order valence-corrected chi connectivity index (χ1v) is 22.7. The average Bonchev–Trinajstić information content (AvgIpc) is 3.13. The zero-order valence-corrected chi connectivity index (χ0v) is 37.3. The van der Waals surface area contributed by atoms with Crippen LogP contribution in [0.1, 0.15) is 176 Å². The number of ether oxygens (including phenoxy) is 5. The first-order valence-electron chi connectivity index (χ1n) is 21.9. The maximum atomic E-state index is 12.7. The maximum Gasteiger partial charge on any atom is 0.307 e. The van der Waals surface area contributed by atoms with Crippen molar-refractivity contribution in [3.63, 3.8) is 0 Å². The smallest absolute Gasteiger partial charge is 0.307 e. The molecular formula is C43H84INO8. The molecule has 0 radical (unpaired) electrons. The SMILES string of the molecule is CCCCCCCCC(CCCCCCCC)OC(=O)CCCCCCCN(CCOI)CCC(=O)OCCOCCOCCOCC(C)CC(C)C. The summed E-state index contributed by atoms with van der Waals surface area (Å²) in [5.74, 6) is 1.04. The van der Waals surface area contributed by atoms with E-state index in [1.165, 1.54) is 83.5 Å². The number of rotatable bonds is 42. The second-order valence-electron chi connectivity index (χ2n) is 15.4. The molecule has 0 aromatic carbocycles. The minimum Gasteiger partial charge on any atom is -0.463 e. The van der Waals surface area contributed by atoms with Crippen LogP contribution in [-0.4, -0.2) is 95.4 Å². The summed E-state index contributed by atoms with van der Waals surface area (Å²) in [5, 5.41) is 0. The Kier molecular flexibility index (Phi) is 40.7. The summed E-state index contributed by atoms with van der Waals surface area (Å²) in [5.41, 5.74) is 0. The van der Waals surface area contributed by atoms with Crippen LogP contribution in [0.5, 0.6) is 0 Å². The van der Waals surface area contributed by atoms with Gasteiger partial charge < -0.3 is 31.7 Å². The molecule has 316 valence electrons. The summed E-state index contributed by atoms with van der Waals surface area (Å²) in [4.78, 5) is 27.3. The van der Waals surface area contributed by atoms with E-state index >= 15 is 0 Å². The minimum absolute atomic E-state index is 0.0109. The summed E-state index contributed by atoms with van der Waals surface area (Å²) in [6.07, 6.45) is 24.6. The highest BCUT2D eigenvalue weighted by Gasteiger charge is 2.15. The van der Waals surface area contributed by atoms with Gasteiger partial charge in [-0.1, -0.05) is 118 Å². The van der Waals surface area contributed by atoms with Crippen LogP contribution in [-0.2, 0) is 36.3 Å². The van der Waals surface area contributed by atoms with Crippen molar-refractivity contribution in [2.24, 2.45) is 11.8 Å². The molecule has 10 heteroatoms. The van der Waals surface area contributed by atoms with Crippen LogP contribution in [0.2, 0.25) is 0 Å². The van der Waals surface area contributed by atoms with Crippen molar-refractivity contribution in [3.8, 4) is 0 Å². The molecule has 9 nitrogen and oxygen atoms in total. The fourth-order valence-electron chi connectivity index (χ4n) is 6.58.